The van der Waals surface area contributed by atoms with E-state index in [0.29, 0.717) is 25.2 Å². The Hall–Kier alpha value is -4.00. The molecule has 0 unspecified atom stereocenters. The number of benzene rings is 1. The van der Waals surface area contributed by atoms with Gasteiger partial charge in [-0.2, -0.15) is 18.3 Å². The van der Waals surface area contributed by atoms with E-state index in [2.05, 4.69) is 25.8 Å². The molecule has 0 aliphatic rings. The van der Waals surface area contributed by atoms with Gasteiger partial charge in [0.15, 0.2) is 11.5 Å². The second-order valence-electron chi connectivity index (χ2n) is 6.86. The Morgan fingerprint density at radius 2 is 1.94 bits per heavy atom. The van der Waals surface area contributed by atoms with Gasteiger partial charge in [-0.3, -0.25) is 9.59 Å². The molecule has 13 heteroatoms. The molecule has 0 fully saturated rings. The molecule has 3 aromatic rings. The van der Waals surface area contributed by atoms with Crippen molar-refractivity contribution in [2.45, 2.75) is 12.6 Å². The lowest BCUT2D eigenvalue weighted by Gasteiger charge is -2.15. The highest BCUT2D eigenvalue weighted by molar-refractivity contribution is 6.05. The van der Waals surface area contributed by atoms with Gasteiger partial charge >= 0.3 is 6.18 Å². The van der Waals surface area contributed by atoms with E-state index in [0.717, 1.165) is 24.4 Å². The molecule has 0 bridgehead atoms. The van der Waals surface area contributed by atoms with Crippen LogP contribution in [0, 0.1) is 5.82 Å². The minimum Gasteiger partial charge on any atom is -0.490 e. The third-order valence-corrected chi connectivity index (χ3v) is 4.29. The number of carbonyl (C=O) groups is 1. The van der Waals surface area contributed by atoms with Gasteiger partial charge in [0.25, 0.3) is 11.5 Å². The number of hydrogen-bond acceptors (Lipinski definition) is 7. The van der Waals surface area contributed by atoms with Crippen molar-refractivity contribution in [2.24, 2.45) is 0 Å². The van der Waals surface area contributed by atoms with Gasteiger partial charge in [-0.1, -0.05) is 0 Å². The van der Waals surface area contributed by atoms with E-state index in [1.807, 2.05) is 0 Å². The van der Waals surface area contributed by atoms with Crippen LogP contribution in [-0.2, 0) is 6.18 Å². The Morgan fingerprint density at radius 1 is 1.15 bits per heavy atom. The Morgan fingerprint density at radius 3 is 2.65 bits per heavy atom. The summed E-state index contributed by atoms with van der Waals surface area (Å²) < 4.78 is 64.6. The van der Waals surface area contributed by atoms with Gasteiger partial charge in [-0.15, -0.1) is 0 Å². The first kappa shape index (κ1) is 24.6. The zero-order valence-corrected chi connectivity index (χ0v) is 17.7. The molecule has 0 atom stereocenters. The van der Waals surface area contributed by atoms with Crippen molar-refractivity contribution < 1.29 is 31.8 Å². The summed E-state index contributed by atoms with van der Waals surface area (Å²) in [6.45, 7) is 0.831. The lowest BCUT2D eigenvalue weighted by molar-refractivity contribution is -0.137. The molecule has 180 valence electrons. The molecule has 9 nitrogen and oxygen atoms in total. The number of rotatable bonds is 9. The van der Waals surface area contributed by atoms with Crippen LogP contribution in [-0.4, -0.2) is 41.3 Å². The summed E-state index contributed by atoms with van der Waals surface area (Å²) in [6, 6.07) is 4.84. The smallest absolute Gasteiger partial charge is 0.417 e. The molecule has 3 rings (SSSR count). The van der Waals surface area contributed by atoms with E-state index in [1.165, 1.54) is 6.07 Å². The van der Waals surface area contributed by atoms with E-state index < -0.39 is 40.5 Å². The Kier molecular flexibility index (Phi) is 7.79. The number of pyridine rings is 1. The van der Waals surface area contributed by atoms with E-state index in [4.69, 9.17) is 9.47 Å². The van der Waals surface area contributed by atoms with Gasteiger partial charge in [-0.25, -0.2) is 14.5 Å². The summed E-state index contributed by atoms with van der Waals surface area (Å²) in [6.07, 6.45) is -2.61. The van der Waals surface area contributed by atoms with Gasteiger partial charge in [0.2, 0.25) is 5.88 Å². The SMILES string of the molecule is CNCCCOc1cc(F)ccc1Oc1ncc(C(F)(F)F)cc1C(=O)Nc1cn[nH]c(=O)c1. The van der Waals surface area contributed by atoms with Gasteiger partial charge in [0.1, 0.15) is 11.4 Å². The number of carbonyl (C=O) groups excluding carboxylic acids is 1. The maximum atomic E-state index is 13.7. The van der Waals surface area contributed by atoms with E-state index in [-0.39, 0.29) is 23.8 Å². The van der Waals surface area contributed by atoms with Crippen LogP contribution < -0.4 is 25.7 Å². The number of halogens is 4. The maximum Gasteiger partial charge on any atom is 0.417 e. The fourth-order valence-corrected chi connectivity index (χ4v) is 2.71. The highest BCUT2D eigenvalue weighted by Crippen LogP contribution is 2.36. The van der Waals surface area contributed by atoms with Crippen LogP contribution in [0.2, 0.25) is 0 Å². The predicted molar refractivity (Wildman–Crippen MR) is 113 cm³/mol. The van der Waals surface area contributed by atoms with Crippen molar-refractivity contribution in [1.29, 1.82) is 0 Å². The maximum absolute atomic E-state index is 13.7. The van der Waals surface area contributed by atoms with Crippen molar-refractivity contribution in [3.63, 3.8) is 0 Å². The van der Waals surface area contributed by atoms with Crippen LogP contribution in [0.1, 0.15) is 22.3 Å². The second kappa shape index (κ2) is 10.7. The van der Waals surface area contributed by atoms with Crippen LogP contribution in [0.5, 0.6) is 17.4 Å². The quantitative estimate of drug-likeness (QED) is 0.317. The first-order valence-electron chi connectivity index (χ1n) is 9.85. The topological polar surface area (TPSA) is 118 Å². The van der Waals surface area contributed by atoms with Crippen LogP contribution in [0.15, 0.2) is 47.5 Å². The molecular formula is C21H19F4N5O4. The fraction of sp³-hybridized carbons (Fsp3) is 0.238. The number of aromatic nitrogens is 3. The summed E-state index contributed by atoms with van der Waals surface area (Å²) in [5.41, 5.74) is -2.48. The normalized spacial score (nSPS) is 11.2. The number of H-pyrrole nitrogens is 1. The molecule has 0 aliphatic carbocycles. The second-order valence-corrected chi connectivity index (χ2v) is 6.86. The molecule has 1 amide bonds. The van der Waals surface area contributed by atoms with E-state index in [1.54, 1.807) is 7.05 Å². The average molecular weight is 481 g/mol. The first-order valence-corrected chi connectivity index (χ1v) is 9.85. The molecule has 34 heavy (non-hydrogen) atoms. The van der Waals surface area contributed by atoms with Gasteiger partial charge in [-0.05, 0) is 38.2 Å². The number of nitrogens with one attached hydrogen (secondary N) is 3. The average Bonchev–Trinajstić information content (AvgIpc) is 2.78. The minimum absolute atomic E-state index is 0.0250. The third kappa shape index (κ3) is 6.51. The highest BCUT2D eigenvalue weighted by Gasteiger charge is 2.33. The van der Waals surface area contributed by atoms with Gasteiger partial charge in [0, 0.05) is 18.3 Å². The molecule has 0 saturated carbocycles. The largest absolute Gasteiger partial charge is 0.490 e. The molecule has 2 aromatic heterocycles. The Balaban J connectivity index is 1.95. The molecule has 0 aliphatic heterocycles. The summed E-state index contributed by atoms with van der Waals surface area (Å²) in [5.74, 6) is -2.25. The third-order valence-electron chi connectivity index (χ3n) is 4.29. The predicted octanol–water partition coefficient (Wildman–Crippen LogP) is 3.36. The van der Waals surface area contributed by atoms with Crippen molar-refractivity contribution in [3.05, 3.63) is 70.0 Å². The number of amides is 1. The number of nitrogens with zero attached hydrogens (tertiary/aromatic N) is 2. The summed E-state index contributed by atoms with van der Waals surface area (Å²) in [4.78, 5) is 27.8. The van der Waals surface area contributed by atoms with E-state index >= 15 is 0 Å². The molecule has 3 N–H and O–H groups in total. The molecule has 0 spiro atoms. The van der Waals surface area contributed by atoms with Crippen LogP contribution in [0.4, 0.5) is 23.2 Å². The first-order chi connectivity index (χ1) is 16.2. The molecule has 1 aromatic carbocycles. The zero-order valence-electron chi connectivity index (χ0n) is 17.7. The minimum atomic E-state index is -4.79. The fourth-order valence-electron chi connectivity index (χ4n) is 2.71. The molecule has 0 radical (unpaired) electrons. The standard InChI is InChI=1S/C21H19F4N5O4/c1-26-5-2-6-33-17-8-13(22)3-4-16(17)34-20-15(7-12(10-27-20)21(23,24)25)19(32)29-14-9-18(31)30-28-11-14/h3-4,7-11,26H,2,5-6H2,1H3,(H2,29,30,31,32). The lowest BCUT2D eigenvalue weighted by atomic mass is 10.1. The number of alkyl halides is 3. The number of aromatic amines is 1. The Labute approximate surface area is 190 Å². The number of anilines is 1. The monoisotopic (exact) mass is 481 g/mol. The zero-order chi connectivity index (χ0) is 24.7. The highest BCUT2D eigenvalue weighted by atomic mass is 19.4. The van der Waals surface area contributed by atoms with Crippen molar-refractivity contribution >= 4 is 11.6 Å². The number of ether oxygens (including phenoxy) is 2. The van der Waals surface area contributed by atoms with Gasteiger partial charge < -0.3 is 20.1 Å². The van der Waals surface area contributed by atoms with Crippen molar-refractivity contribution in [2.75, 3.05) is 25.5 Å². The van der Waals surface area contributed by atoms with E-state index in [9.17, 15) is 27.2 Å². The Bertz CT molecular complexity index is 1220. The van der Waals surface area contributed by atoms with Crippen LogP contribution >= 0.6 is 0 Å². The number of hydrogen-bond donors (Lipinski definition) is 3. The summed E-state index contributed by atoms with van der Waals surface area (Å²) >= 11 is 0. The van der Waals surface area contributed by atoms with Crippen molar-refractivity contribution in [3.8, 4) is 17.4 Å². The molecular weight excluding hydrogens is 462 g/mol. The summed E-state index contributed by atoms with van der Waals surface area (Å²) in [5, 5.41) is 10.8. The van der Waals surface area contributed by atoms with Crippen LogP contribution in [0.25, 0.3) is 0 Å². The molecule has 2 heterocycles. The van der Waals surface area contributed by atoms with Crippen LogP contribution in [0.3, 0.4) is 0 Å². The summed E-state index contributed by atoms with van der Waals surface area (Å²) in [7, 11) is 1.75. The molecule has 0 saturated heterocycles. The lowest BCUT2D eigenvalue weighted by Crippen LogP contribution is -2.18. The van der Waals surface area contributed by atoms with Crippen molar-refractivity contribution in [1.82, 2.24) is 20.5 Å². The van der Waals surface area contributed by atoms with Gasteiger partial charge in [0.05, 0.1) is 24.1 Å².